The van der Waals surface area contributed by atoms with Crippen LogP contribution >= 0.6 is 23.2 Å². The van der Waals surface area contributed by atoms with Gasteiger partial charge in [0.25, 0.3) is 11.8 Å². The molecule has 0 spiro atoms. The Kier molecular flexibility index (Phi) is 9.49. The standard InChI is InChI=1S/C30H28Cl2N2O8/c1-39-20-13-25(41-3)22(26(14-20)42-4)16-33-15-18(11-17-12-19(31)9-10-24(17)40-2)28(35)34(30(37)38)27(29(33)36)21-7-5-6-8-23(21)32/h5-14,27H,15-16H2,1-4H3,(H,37,38). The van der Waals surface area contributed by atoms with Crippen molar-refractivity contribution >= 4 is 47.2 Å². The van der Waals surface area contributed by atoms with E-state index in [1.807, 2.05) is 0 Å². The lowest BCUT2D eigenvalue weighted by molar-refractivity contribution is -0.139. The van der Waals surface area contributed by atoms with Crippen LogP contribution in [0, 0.1) is 0 Å². The lowest BCUT2D eigenvalue weighted by Gasteiger charge is -2.29. The first-order valence-electron chi connectivity index (χ1n) is 12.6. The van der Waals surface area contributed by atoms with Gasteiger partial charge in [-0.3, -0.25) is 9.59 Å². The minimum Gasteiger partial charge on any atom is -0.496 e. The summed E-state index contributed by atoms with van der Waals surface area (Å²) >= 11 is 12.7. The molecule has 42 heavy (non-hydrogen) atoms. The van der Waals surface area contributed by atoms with Gasteiger partial charge in [0.1, 0.15) is 29.0 Å². The molecule has 12 heteroatoms. The number of ether oxygens (including phenoxy) is 4. The number of hydrogen-bond acceptors (Lipinski definition) is 7. The van der Waals surface area contributed by atoms with Crippen molar-refractivity contribution in [2.75, 3.05) is 35.0 Å². The highest BCUT2D eigenvalue weighted by atomic mass is 35.5. The molecule has 4 rings (SSSR count). The molecule has 1 aliphatic rings. The lowest BCUT2D eigenvalue weighted by atomic mass is 10.0. The molecule has 1 fully saturated rings. The Bertz CT molecular complexity index is 1530. The van der Waals surface area contributed by atoms with E-state index in [9.17, 15) is 19.5 Å². The Morgan fingerprint density at radius 2 is 1.57 bits per heavy atom. The molecule has 0 radical (unpaired) electrons. The van der Waals surface area contributed by atoms with Crippen LogP contribution in [0.3, 0.4) is 0 Å². The third kappa shape index (κ3) is 6.09. The monoisotopic (exact) mass is 614 g/mol. The summed E-state index contributed by atoms with van der Waals surface area (Å²) < 4.78 is 21.9. The van der Waals surface area contributed by atoms with E-state index in [1.165, 1.54) is 51.5 Å². The minimum atomic E-state index is -1.62. The largest absolute Gasteiger partial charge is 0.496 e. The SMILES string of the molecule is COc1cc(OC)c(CN2CC(=Cc3cc(Cl)ccc3OC)C(=O)N(C(=O)O)C(c3ccccc3Cl)C2=O)c(OC)c1. The molecule has 0 bridgehead atoms. The van der Waals surface area contributed by atoms with Crippen LogP contribution in [0.1, 0.15) is 22.7 Å². The van der Waals surface area contributed by atoms with Crippen molar-refractivity contribution in [1.82, 2.24) is 9.80 Å². The second-order valence-electron chi connectivity index (χ2n) is 9.14. The van der Waals surface area contributed by atoms with Crippen molar-refractivity contribution in [2.24, 2.45) is 0 Å². The van der Waals surface area contributed by atoms with Crippen LogP contribution in [0.2, 0.25) is 10.0 Å². The Morgan fingerprint density at radius 1 is 0.929 bits per heavy atom. The van der Waals surface area contributed by atoms with Gasteiger partial charge >= 0.3 is 6.09 Å². The number of methoxy groups -OCH3 is 4. The van der Waals surface area contributed by atoms with E-state index in [1.54, 1.807) is 42.5 Å². The van der Waals surface area contributed by atoms with Crippen LogP contribution in [0.4, 0.5) is 4.79 Å². The van der Waals surface area contributed by atoms with Crippen molar-refractivity contribution in [3.63, 3.8) is 0 Å². The molecule has 3 amide bonds. The van der Waals surface area contributed by atoms with Crippen molar-refractivity contribution in [3.8, 4) is 23.0 Å². The van der Waals surface area contributed by atoms with Crippen molar-refractivity contribution in [2.45, 2.75) is 12.6 Å². The zero-order valence-electron chi connectivity index (χ0n) is 23.2. The van der Waals surface area contributed by atoms with Crippen LogP contribution in [0.15, 0.2) is 60.2 Å². The van der Waals surface area contributed by atoms with Gasteiger partial charge in [0.05, 0.1) is 47.1 Å². The van der Waals surface area contributed by atoms with E-state index in [-0.39, 0.29) is 29.2 Å². The number of amides is 3. The molecule has 1 N–H and O–H groups in total. The summed E-state index contributed by atoms with van der Waals surface area (Å²) in [6.07, 6.45) is -0.163. The molecular formula is C30H28Cl2N2O8. The van der Waals surface area contributed by atoms with Crippen molar-refractivity contribution in [1.29, 1.82) is 0 Å². The predicted octanol–water partition coefficient (Wildman–Crippen LogP) is 5.70. The average molecular weight is 615 g/mol. The molecule has 3 aromatic rings. The third-order valence-electron chi connectivity index (χ3n) is 6.75. The van der Waals surface area contributed by atoms with Crippen LogP contribution in [-0.2, 0) is 16.1 Å². The fraction of sp³-hybridized carbons (Fsp3) is 0.233. The molecule has 0 saturated carbocycles. The Balaban J connectivity index is 1.95. The van der Waals surface area contributed by atoms with Gasteiger partial charge in [-0.05, 0) is 30.3 Å². The molecule has 0 aliphatic carbocycles. The zero-order chi connectivity index (χ0) is 30.6. The van der Waals surface area contributed by atoms with Gasteiger partial charge in [-0.25, -0.2) is 9.69 Å². The average Bonchev–Trinajstić information content (AvgIpc) is 3.07. The molecule has 1 unspecified atom stereocenters. The molecule has 10 nitrogen and oxygen atoms in total. The number of halogens is 2. The highest BCUT2D eigenvalue weighted by Gasteiger charge is 2.44. The number of rotatable bonds is 8. The second-order valence-corrected chi connectivity index (χ2v) is 9.99. The van der Waals surface area contributed by atoms with Gasteiger partial charge in [0, 0.05) is 38.9 Å². The summed E-state index contributed by atoms with van der Waals surface area (Å²) in [5, 5.41) is 10.8. The third-order valence-corrected chi connectivity index (χ3v) is 7.33. The molecule has 1 heterocycles. The molecule has 1 aliphatic heterocycles. The number of carbonyl (C=O) groups excluding carboxylic acids is 2. The minimum absolute atomic E-state index is 0.00712. The molecule has 0 aromatic heterocycles. The van der Waals surface area contributed by atoms with Crippen LogP contribution in [-0.4, -0.2) is 67.8 Å². The summed E-state index contributed by atoms with van der Waals surface area (Å²) in [5.74, 6) is -0.00418. The fourth-order valence-corrected chi connectivity index (χ4v) is 5.16. The highest BCUT2D eigenvalue weighted by Crippen LogP contribution is 2.39. The highest BCUT2D eigenvalue weighted by molar-refractivity contribution is 6.32. The second kappa shape index (κ2) is 13.1. The van der Waals surface area contributed by atoms with Crippen LogP contribution in [0.5, 0.6) is 23.0 Å². The summed E-state index contributed by atoms with van der Waals surface area (Å²) in [5.41, 5.74) is 1.04. The fourth-order valence-electron chi connectivity index (χ4n) is 4.74. The first-order chi connectivity index (χ1) is 20.1. The van der Waals surface area contributed by atoms with Gasteiger partial charge in [-0.2, -0.15) is 0 Å². The van der Waals surface area contributed by atoms with E-state index in [0.717, 1.165) is 0 Å². The maximum Gasteiger partial charge on any atom is 0.415 e. The van der Waals surface area contributed by atoms with Gasteiger partial charge in [-0.1, -0.05) is 41.4 Å². The molecule has 1 atom stereocenters. The Labute approximate surface area is 252 Å². The normalized spacial score (nSPS) is 16.3. The smallest absolute Gasteiger partial charge is 0.415 e. The molecule has 3 aromatic carbocycles. The van der Waals surface area contributed by atoms with Gasteiger partial charge < -0.3 is 29.0 Å². The number of nitrogens with zero attached hydrogens (tertiary/aromatic N) is 2. The topological polar surface area (TPSA) is 115 Å². The lowest BCUT2D eigenvalue weighted by Crippen LogP contribution is -2.43. The predicted molar refractivity (Wildman–Crippen MR) is 157 cm³/mol. The zero-order valence-corrected chi connectivity index (χ0v) is 24.7. The molecule has 220 valence electrons. The van der Waals surface area contributed by atoms with Crippen LogP contribution < -0.4 is 18.9 Å². The molecule has 1 saturated heterocycles. The van der Waals surface area contributed by atoms with Gasteiger partial charge in [0.2, 0.25) is 0 Å². The summed E-state index contributed by atoms with van der Waals surface area (Å²) in [4.78, 5) is 42.7. The number of benzene rings is 3. The van der Waals surface area contributed by atoms with Gasteiger partial charge in [-0.15, -0.1) is 0 Å². The summed E-state index contributed by atoms with van der Waals surface area (Å²) in [6, 6.07) is 12.8. The quantitative estimate of drug-likeness (QED) is 0.321. The van der Waals surface area contributed by atoms with E-state index in [2.05, 4.69) is 0 Å². The summed E-state index contributed by atoms with van der Waals surface area (Å²) in [6.45, 7) is -0.378. The van der Waals surface area contributed by atoms with Crippen molar-refractivity contribution < 1.29 is 38.4 Å². The van der Waals surface area contributed by atoms with E-state index < -0.39 is 23.9 Å². The van der Waals surface area contributed by atoms with E-state index in [4.69, 9.17) is 42.1 Å². The Morgan fingerprint density at radius 3 is 2.14 bits per heavy atom. The summed E-state index contributed by atoms with van der Waals surface area (Å²) in [7, 11) is 5.87. The van der Waals surface area contributed by atoms with Gasteiger partial charge in [0.15, 0.2) is 0 Å². The maximum absolute atomic E-state index is 14.3. The number of carbonyl (C=O) groups is 3. The van der Waals surface area contributed by atoms with Crippen molar-refractivity contribution in [3.05, 3.63) is 86.9 Å². The first kappa shape index (κ1) is 30.5. The number of hydrogen-bond donors (Lipinski definition) is 1. The first-order valence-corrected chi connectivity index (χ1v) is 13.3. The maximum atomic E-state index is 14.3. The molecular weight excluding hydrogens is 587 g/mol. The number of carboxylic acid groups (broad SMARTS) is 1. The van der Waals surface area contributed by atoms with E-state index >= 15 is 0 Å². The van der Waals surface area contributed by atoms with E-state index in [0.29, 0.717) is 44.0 Å². The number of imide groups is 1. The van der Waals surface area contributed by atoms with Crippen LogP contribution in [0.25, 0.3) is 6.08 Å². The Hall–Kier alpha value is -4.41.